The quantitative estimate of drug-likeness (QED) is 0.823. The summed E-state index contributed by atoms with van der Waals surface area (Å²) in [6, 6.07) is 10.5. The Bertz CT molecular complexity index is 733. The molecule has 1 heterocycles. The number of ether oxygens (including phenoxy) is 1. The van der Waals surface area contributed by atoms with Gasteiger partial charge in [-0.25, -0.2) is 0 Å². The molecule has 112 valence electrons. The van der Waals surface area contributed by atoms with E-state index in [4.69, 9.17) is 15.7 Å². The van der Waals surface area contributed by atoms with Crippen LogP contribution in [0.3, 0.4) is 0 Å². The molecule has 6 heteroatoms. The van der Waals surface area contributed by atoms with Crippen molar-refractivity contribution in [3.05, 3.63) is 41.5 Å². The summed E-state index contributed by atoms with van der Waals surface area (Å²) in [5, 5.41) is 12.2. The molecular weight excluding hydrogens is 280 g/mol. The van der Waals surface area contributed by atoms with E-state index < -0.39 is 0 Å². The van der Waals surface area contributed by atoms with Crippen molar-refractivity contribution in [2.45, 2.75) is 13.8 Å². The minimum absolute atomic E-state index is 0.00549. The summed E-state index contributed by atoms with van der Waals surface area (Å²) in [5.74, 6) is 0.675. The number of nitrogen functional groups attached to an aromatic ring is 1. The van der Waals surface area contributed by atoms with Gasteiger partial charge >= 0.3 is 0 Å². The number of anilines is 3. The number of carbonyl (C=O) groups excluding carboxylic acids is 1. The average molecular weight is 296 g/mol. The third kappa shape index (κ3) is 3.33. The first-order valence-corrected chi connectivity index (χ1v) is 6.76. The van der Waals surface area contributed by atoms with Crippen LogP contribution in [0.4, 0.5) is 17.2 Å². The van der Waals surface area contributed by atoms with Crippen molar-refractivity contribution >= 4 is 23.0 Å². The number of pyridine rings is 1. The van der Waals surface area contributed by atoms with Crippen molar-refractivity contribution in [3.8, 4) is 11.9 Å². The average Bonchev–Trinajstić information content (AvgIpc) is 2.48. The van der Waals surface area contributed by atoms with Crippen molar-refractivity contribution in [2.75, 3.05) is 17.7 Å². The highest BCUT2D eigenvalue weighted by atomic mass is 16.5. The Labute approximate surface area is 128 Å². The van der Waals surface area contributed by atoms with Crippen LogP contribution in [0.2, 0.25) is 0 Å². The highest BCUT2D eigenvalue weighted by Crippen LogP contribution is 2.27. The molecule has 0 aliphatic heterocycles. The van der Waals surface area contributed by atoms with Gasteiger partial charge in [0.15, 0.2) is 5.78 Å². The molecule has 22 heavy (non-hydrogen) atoms. The van der Waals surface area contributed by atoms with E-state index in [2.05, 4.69) is 10.3 Å². The van der Waals surface area contributed by atoms with Crippen molar-refractivity contribution < 1.29 is 9.53 Å². The summed E-state index contributed by atoms with van der Waals surface area (Å²) >= 11 is 0. The van der Waals surface area contributed by atoms with Gasteiger partial charge in [-0.3, -0.25) is 4.79 Å². The van der Waals surface area contributed by atoms with Gasteiger partial charge < -0.3 is 15.8 Å². The van der Waals surface area contributed by atoms with Crippen molar-refractivity contribution in [1.82, 2.24) is 4.98 Å². The summed E-state index contributed by atoms with van der Waals surface area (Å²) in [6.07, 6.45) is 0. The number of rotatable bonds is 5. The summed E-state index contributed by atoms with van der Waals surface area (Å²) in [6.45, 7) is 3.71. The van der Waals surface area contributed by atoms with E-state index in [-0.39, 0.29) is 17.2 Å². The lowest BCUT2D eigenvalue weighted by Gasteiger charge is -2.11. The Morgan fingerprint density at radius 3 is 2.64 bits per heavy atom. The molecule has 0 fully saturated rings. The van der Waals surface area contributed by atoms with E-state index in [0.29, 0.717) is 23.7 Å². The standard InChI is InChI=1S/C16H16N4O2/c1-3-22-16-13(9-17)14(18)8-15(20-16)19-12-6-4-11(5-7-12)10(2)21/h4-8H,3H2,1-2H3,(H3,18,19,20). The fourth-order valence-electron chi connectivity index (χ4n) is 1.89. The van der Waals surface area contributed by atoms with Gasteiger partial charge in [-0.05, 0) is 38.1 Å². The van der Waals surface area contributed by atoms with E-state index in [0.717, 1.165) is 5.69 Å². The Morgan fingerprint density at radius 1 is 1.41 bits per heavy atom. The molecule has 0 aliphatic rings. The Hall–Kier alpha value is -3.07. The molecule has 1 aromatic carbocycles. The maximum Gasteiger partial charge on any atom is 0.235 e. The van der Waals surface area contributed by atoms with Crippen molar-refractivity contribution in [2.24, 2.45) is 0 Å². The summed E-state index contributed by atoms with van der Waals surface area (Å²) in [5.41, 5.74) is 7.76. The molecule has 0 spiro atoms. The lowest BCUT2D eigenvalue weighted by molar-refractivity contribution is 0.101. The number of nitrogens with two attached hydrogens (primary N) is 1. The predicted octanol–water partition coefficient (Wildman–Crippen LogP) is 2.88. The number of benzene rings is 1. The lowest BCUT2D eigenvalue weighted by Crippen LogP contribution is -2.04. The van der Waals surface area contributed by atoms with Gasteiger partial charge in [0.25, 0.3) is 0 Å². The van der Waals surface area contributed by atoms with E-state index in [1.165, 1.54) is 6.92 Å². The Morgan fingerprint density at radius 2 is 2.09 bits per heavy atom. The van der Waals surface area contributed by atoms with Crippen molar-refractivity contribution in [1.29, 1.82) is 5.26 Å². The first-order valence-electron chi connectivity index (χ1n) is 6.76. The molecule has 0 saturated carbocycles. The second-order valence-corrected chi connectivity index (χ2v) is 4.58. The number of aromatic nitrogens is 1. The van der Waals surface area contributed by atoms with Gasteiger partial charge in [0.2, 0.25) is 5.88 Å². The van der Waals surface area contributed by atoms with Crippen LogP contribution in [0, 0.1) is 11.3 Å². The van der Waals surface area contributed by atoms with Gasteiger partial charge in [-0.2, -0.15) is 10.2 Å². The molecule has 0 atom stereocenters. The molecule has 0 bridgehead atoms. The van der Waals surface area contributed by atoms with E-state index in [1.54, 1.807) is 37.3 Å². The monoisotopic (exact) mass is 296 g/mol. The first-order chi connectivity index (χ1) is 10.5. The van der Waals surface area contributed by atoms with E-state index in [1.807, 2.05) is 6.07 Å². The molecule has 0 saturated heterocycles. The second-order valence-electron chi connectivity index (χ2n) is 4.58. The molecular formula is C16H16N4O2. The number of carbonyl (C=O) groups is 1. The van der Waals surface area contributed by atoms with Crippen LogP contribution in [0.25, 0.3) is 0 Å². The van der Waals surface area contributed by atoms with Crippen LogP contribution in [0.15, 0.2) is 30.3 Å². The molecule has 2 aromatic rings. The fraction of sp³-hybridized carbons (Fsp3) is 0.188. The van der Waals surface area contributed by atoms with Crippen LogP contribution in [0.5, 0.6) is 5.88 Å². The maximum atomic E-state index is 11.3. The molecule has 2 rings (SSSR count). The zero-order chi connectivity index (χ0) is 16.1. The molecule has 6 nitrogen and oxygen atoms in total. The Balaban J connectivity index is 2.29. The van der Waals surface area contributed by atoms with Crippen LogP contribution in [0.1, 0.15) is 29.8 Å². The summed E-state index contributed by atoms with van der Waals surface area (Å²) in [4.78, 5) is 15.5. The van der Waals surface area contributed by atoms with Crippen LogP contribution < -0.4 is 15.8 Å². The molecule has 0 unspecified atom stereocenters. The Kier molecular flexibility index (Phi) is 4.59. The van der Waals surface area contributed by atoms with Gasteiger partial charge in [-0.1, -0.05) is 0 Å². The van der Waals surface area contributed by atoms with Gasteiger partial charge in [-0.15, -0.1) is 0 Å². The first kappa shape index (κ1) is 15.3. The highest BCUT2D eigenvalue weighted by molar-refractivity contribution is 5.94. The largest absolute Gasteiger partial charge is 0.477 e. The van der Waals surface area contributed by atoms with Gasteiger partial charge in [0, 0.05) is 17.3 Å². The van der Waals surface area contributed by atoms with Gasteiger partial charge in [0.1, 0.15) is 17.5 Å². The topological polar surface area (TPSA) is 101 Å². The normalized spacial score (nSPS) is 9.86. The maximum absolute atomic E-state index is 11.3. The molecule has 3 N–H and O–H groups in total. The number of nitriles is 1. The number of hydrogen-bond donors (Lipinski definition) is 2. The smallest absolute Gasteiger partial charge is 0.235 e. The number of nitrogens with one attached hydrogen (secondary N) is 1. The zero-order valence-corrected chi connectivity index (χ0v) is 12.4. The van der Waals surface area contributed by atoms with Crippen LogP contribution in [-0.2, 0) is 0 Å². The lowest BCUT2D eigenvalue weighted by atomic mass is 10.1. The van der Waals surface area contributed by atoms with E-state index >= 15 is 0 Å². The minimum Gasteiger partial charge on any atom is -0.477 e. The number of ketones is 1. The van der Waals surface area contributed by atoms with Crippen LogP contribution >= 0.6 is 0 Å². The third-order valence-corrected chi connectivity index (χ3v) is 2.97. The number of nitrogens with zero attached hydrogens (tertiary/aromatic N) is 2. The summed E-state index contributed by atoms with van der Waals surface area (Å²) in [7, 11) is 0. The second kappa shape index (κ2) is 6.59. The molecule has 1 aromatic heterocycles. The number of Topliss-reactive ketones (excluding diaryl/α,β-unsaturated/α-hetero) is 1. The molecule has 0 aliphatic carbocycles. The highest BCUT2D eigenvalue weighted by Gasteiger charge is 2.12. The predicted molar refractivity (Wildman–Crippen MR) is 84.3 cm³/mol. The summed E-state index contributed by atoms with van der Waals surface area (Å²) < 4.78 is 5.34. The third-order valence-electron chi connectivity index (χ3n) is 2.97. The molecule has 0 amide bonds. The zero-order valence-electron chi connectivity index (χ0n) is 12.4. The van der Waals surface area contributed by atoms with Crippen molar-refractivity contribution in [3.63, 3.8) is 0 Å². The minimum atomic E-state index is 0.00549. The SMILES string of the molecule is CCOc1nc(Nc2ccc(C(C)=O)cc2)cc(N)c1C#N. The number of hydrogen-bond acceptors (Lipinski definition) is 6. The van der Waals surface area contributed by atoms with Crippen LogP contribution in [-0.4, -0.2) is 17.4 Å². The fourth-order valence-corrected chi connectivity index (χ4v) is 1.89. The molecule has 0 radical (unpaired) electrons. The van der Waals surface area contributed by atoms with Gasteiger partial charge in [0.05, 0.1) is 12.3 Å². The van der Waals surface area contributed by atoms with E-state index in [9.17, 15) is 4.79 Å².